The highest BCUT2D eigenvalue weighted by Crippen LogP contribution is 2.34. The van der Waals surface area contributed by atoms with Gasteiger partial charge >= 0.3 is 0 Å². The fraction of sp³-hybridized carbons (Fsp3) is 0.409. The average Bonchev–Trinajstić information content (AvgIpc) is 3.52. The standard InChI is InChI=1S/C22H26N2OS/c1-2-24(15-17-6-4-3-5-7-17)26-21-11-10-20-16-23(13-12-19(20)14-21)22(25)18-8-9-18/h3-7,10-11,14,18H,2,8-9,12-13,15-16H2,1H3. The van der Waals surface area contributed by atoms with Crippen molar-refractivity contribution in [1.82, 2.24) is 9.21 Å². The minimum Gasteiger partial charge on any atom is -0.338 e. The molecule has 3 nitrogen and oxygen atoms in total. The van der Waals surface area contributed by atoms with Crippen molar-refractivity contribution in [3.05, 3.63) is 65.2 Å². The molecule has 2 aromatic rings. The zero-order valence-corrected chi connectivity index (χ0v) is 16.2. The van der Waals surface area contributed by atoms with Gasteiger partial charge in [0.1, 0.15) is 0 Å². The van der Waals surface area contributed by atoms with Crippen molar-refractivity contribution in [1.29, 1.82) is 0 Å². The van der Waals surface area contributed by atoms with Crippen molar-refractivity contribution in [2.75, 3.05) is 13.1 Å². The Labute approximate surface area is 160 Å². The first-order valence-electron chi connectivity index (χ1n) is 9.60. The molecule has 0 bridgehead atoms. The highest BCUT2D eigenvalue weighted by atomic mass is 32.2. The van der Waals surface area contributed by atoms with Gasteiger partial charge in [-0.2, -0.15) is 0 Å². The Balaban J connectivity index is 1.41. The number of benzene rings is 2. The molecule has 1 amide bonds. The van der Waals surface area contributed by atoms with Crippen LogP contribution in [0.2, 0.25) is 0 Å². The predicted octanol–water partition coefficient (Wildman–Crippen LogP) is 4.51. The third-order valence-electron chi connectivity index (χ3n) is 5.22. The molecule has 2 aliphatic rings. The van der Waals surface area contributed by atoms with Crippen molar-refractivity contribution < 1.29 is 4.79 Å². The molecule has 0 radical (unpaired) electrons. The van der Waals surface area contributed by atoms with Crippen LogP contribution in [0.5, 0.6) is 0 Å². The molecule has 2 aromatic carbocycles. The van der Waals surface area contributed by atoms with E-state index in [-0.39, 0.29) is 0 Å². The maximum Gasteiger partial charge on any atom is 0.225 e. The van der Waals surface area contributed by atoms with Gasteiger partial charge in [-0.25, -0.2) is 4.31 Å². The van der Waals surface area contributed by atoms with Crippen LogP contribution in [0.4, 0.5) is 0 Å². The fourth-order valence-electron chi connectivity index (χ4n) is 3.51. The van der Waals surface area contributed by atoms with E-state index in [9.17, 15) is 4.79 Å². The summed E-state index contributed by atoms with van der Waals surface area (Å²) in [4.78, 5) is 15.7. The Hall–Kier alpha value is -1.78. The number of hydrogen-bond donors (Lipinski definition) is 0. The molecule has 4 rings (SSSR count). The first kappa shape index (κ1) is 17.6. The smallest absolute Gasteiger partial charge is 0.225 e. The van der Waals surface area contributed by atoms with Gasteiger partial charge in [-0.05, 0) is 60.0 Å². The molecule has 0 unspecified atom stereocenters. The highest BCUT2D eigenvalue weighted by Gasteiger charge is 2.34. The van der Waals surface area contributed by atoms with Gasteiger partial charge in [0, 0.05) is 37.0 Å². The lowest BCUT2D eigenvalue weighted by molar-refractivity contribution is -0.133. The summed E-state index contributed by atoms with van der Waals surface area (Å²) < 4.78 is 2.39. The Morgan fingerprint density at radius 2 is 1.96 bits per heavy atom. The zero-order valence-electron chi connectivity index (χ0n) is 15.4. The summed E-state index contributed by atoms with van der Waals surface area (Å²) in [5, 5.41) is 0. The Bertz CT molecular complexity index is 773. The molecule has 0 aromatic heterocycles. The molecule has 136 valence electrons. The number of carbonyl (C=O) groups excluding carboxylic acids is 1. The van der Waals surface area contributed by atoms with Crippen LogP contribution in [0.25, 0.3) is 0 Å². The van der Waals surface area contributed by atoms with E-state index < -0.39 is 0 Å². The van der Waals surface area contributed by atoms with Crippen molar-refractivity contribution in [2.24, 2.45) is 5.92 Å². The monoisotopic (exact) mass is 366 g/mol. The number of carbonyl (C=O) groups is 1. The van der Waals surface area contributed by atoms with E-state index in [4.69, 9.17) is 0 Å². The van der Waals surface area contributed by atoms with Crippen molar-refractivity contribution in [2.45, 2.75) is 44.2 Å². The number of rotatable bonds is 6. The summed E-state index contributed by atoms with van der Waals surface area (Å²) in [6.45, 7) is 5.81. The lowest BCUT2D eigenvalue weighted by Gasteiger charge is -2.29. The lowest BCUT2D eigenvalue weighted by Crippen LogP contribution is -2.36. The predicted molar refractivity (Wildman–Crippen MR) is 107 cm³/mol. The number of hydrogen-bond acceptors (Lipinski definition) is 3. The van der Waals surface area contributed by atoms with Gasteiger partial charge in [0.2, 0.25) is 5.91 Å². The summed E-state index contributed by atoms with van der Waals surface area (Å²) in [6, 6.07) is 17.4. The first-order valence-corrected chi connectivity index (χ1v) is 10.4. The summed E-state index contributed by atoms with van der Waals surface area (Å²) in [6.07, 6.45) is 3.16. The summed E-state index contributed by atoms with van der Waals surface area (Å²) in [7, 11) is 0. The molecule has 0 spiro atoms. The van der Waals surface area contributed by atoms with E-state index >= 15 is 0 Å². The van der Waals surface area contributed by atoms with Gasteiger partial charge in [-0.15, -0.1) is 0 Å². The number of amides is 1. The van der Waals surface area contributed by atoms with E-state index in [2.05, 4.69) is 64.7 Å². The van der Waals surface area contributed by atoms with Gasteiger partial charge in [0.05, 0.1) is 0 Å². The second kappa shape index (κ2) is 7.85. The van der Waals surface area contributed by atoms with Gasteiger partial charge in [-0.3, -0.25) is 4.79 Å². The van der Waals surface area contributed by atoms with Crippen molar-refractivity contribution >= 4 is 17.9 Å². The normalized spacial score (nSPS) is 16.6. The second-order valence-electron chi connectivity index (χ2n) is 7.25. The van der Waals surface area contributed by atoms with E-state index in [0.717, 1.165) is 45.4 Å². The molecule has 4 heteroatoms. The van der Waals surface area contributed by atoms with Gasteiger partial charge in [-0.1, -0.05) is 43.3 Å². The van der Waals surface area contributed by atoms with E-state index in [1.54, 1.807) is 0 Å². The van der Waals surface area contributed by atoms with Gasteiger partial charge in [0.15, 0.2) is 0 Å². The largest absolute Gasteiger partial charge is 0.338 e. The average molecular weight is 367 g/mol. The van der Waals surface area contributed by atoms with Crippen LogP contribution in [0.1, 0.15) is 36.5 Å². The lowest BCUT2D eigenvalue weighted by atomic mass is 9.99. The maximum absolute atomic E-state index is 12.3. The molecule has 1 saturated carbocycles. The highest BCUT2D eigenvalue weighted by molar-refractivity contribution is 7.97. The van der Waals surface area contributed by atoms with Crippen molar-refractivity contribution in [3.8, 4) is 0 Å². The molecule has 1 heterocycles. The quantitative estimate of drug-likeness (QED) is 0.703. The molecule has 0 N–H and O–H groups in total. The number of fused-ring (bicyclic) bond motifs is 1. The van der Waals surface area contributed by atoms with Crippen LogP contribution in [0.15, 0.2) is 53.4 Å². The van der Waals surface area contributed by atoms with E-state index in [0.29, 0.717) is 11.8 Å². The van der Waals surface area contributed by atoms with Crippen LogP contribution in [0.3, 0.4) is 0 Å². The summed E-state index contributed by atoms with van der Waals surface area (Å²) >= 11 is 1.83. The minimum absolute atomic E-state index is 0.322. The van der Waals surface area contributed by atoms with Crippen LogP contribution in [-0.4, -0.2) is 28.2 Å². The van der Waals surface area contributed by atoms with Crippen LogP contribution < -0.4 is 0 Å². The molecular formula is C22H26N2OS. The van der Waals surface area contributed by atoms with E-state index in [1.165, 1.54) is 21.6 Å². The molecule has 1 aliphatic heterocycles. The Kier molecular flexibility index (Phi) is 5.32. The van der Waals surface area contributed by atoms with Gasteiger partial charge in [0.25, 0.3) is 0 Å². The van der Waals surface area contributed by atoms with Crippen LogP contribution >= 0.6 is 11.9 Å². The second-order valence-corrected chi connectivity index (χ2v) is 8.42. The molecule has 1 fully saturated rings. The molecule has 26 heavy (non-hydrogen) atoms. The van der Waals surface area contributed by atoms with Crippen molar-refractivity contribution in [3.63, 3.8) is 0 Å². The minimum atomic E-state index is 0.322. The first-order chi connectivity index (χ1) is 12.7. The Morgan fingerprint density at radius 3 is 2.69 bits per heavy atom. The molecule has 0 atom stereocenters. The topological polar surface area (TPSA) is 23.6 Å². The SMILES string of the molecule is CCN(Cc1ccccc1)Sc1ccc2c(c1)CCN(C(=O)C1CC1)C2. The third-order valence-corrected chi connectivity index (χ3v) is 6.33. The Morgan fingerprint density at radius 1 is 1.15 bits per heavy atom. The summed E-state index contributed by atoms with van der Waals surface area (Å²) in [5.74, 6) is 0.691. The van der Waals surface area contributed by atoms with Crippen LogP contribution in [-0.2, 0) is 24.3 Å². The van der Waals surface area contributed by atoms with Crippen LogP contribution in [0, 0.1) is 5.92 Å². The summed E-state index contributed by atoms with van der Waals surface area (Å²) in [5.41, 5.74) is 4.07. The zero-order chi connectivity index (χ0) is 17.9. The molecule has 1 aliphatic carbocycles. The van der Waals surface area contributed by atoms with E-state index in [1.807, 2.05) is 11.9 Å². The third kappa shape index (κ3) is 4.13. The maximum atomic E-state index is 12.3. The number of nitrogens with zero attached hydrogens (tertiary/aromatic N) is 2. The van der Waals surface area contributed by atoms with Gasteiger partial charge < -0.3 is 4.90 Å². The molecule has 0 saturated heterocycles. The fourth-order valence-corrected chi connectivity index (χ4v) is 4.47. The molecular weight excluding hydrogens is 340 g/mol.